The van der Waals surface area contributed by atoms with Gasteiger partial charge in [-0.15, -0.1) is 22.7 Å². The summed E-state index contributed by atoms with van der Waals surface area (Å²) in [6.45, 7) is 0.202. The molecule has 0 spiro atoms. The summed E-state index contributed by atoms with van der Waals surface area (Å²) in [4.78, 5) is 19.1. The molecule has 3 aromatic rings. The molecule has 0 saturated carbocycles. The summed E-state index contributed by atoms with van der Waals surface area (Å²) in [7, 11) is 1.65. The zero-order chi connectivity index (χ0) is 18.6. The van der Waals surface area contributed by atoms with Crippen molar-refractivity contribution in [1.29, 1.82) is 0 Å². The molecule has 0 radical (unpaired) electrons. The van der Waals surface area contributed by atoms with Crippen LogP contribution in [-0.4, -0.2) is 18.1 Å². The molecule has 0 atom stereocenters. The molecule has 2 aromatic heterocycles. The van der Waals surface area contributed by atoms with E-state index in [4.69, 9.17) is 9.47 Å². The molecule has 0 N–H and O–H groups in total. The van der Waals surface area contributed by atoms with Crippen molar-refractivity contribution in [2.24, 2.45) is 0 Å². The summed E-state index contributed by atoms with van der Waals surface area (Å²) in [5, 5.41) is 2.85. The predicted molar refractivity (Wildman–Crippen MR) is 109 cm³/mol. The first kappa shape index (κ1) is 18.2. The van der Waals surface area contributed by atoms with Crippen molar-refractivity contribution in [3.63, 3.8) is 0 Å². The Morgan fingerprint density at radius 2 is 1.96 bits per heavy atom. The molecule has 2 heterocycles. The number of nitrogens with zero attached hydrogens (tertiary/aromatic N) is 1. The third-order valence-electron chi connectivity index (χ3n) is 4.69. The van der Waals surface area contributed by atoms with Crippen LogP contribution >= 0.6 is 22.7 Å². The maximum absolute atomic E-state index is 12.4. The number of aromatic nitrogens is 1. The van der Waals surface area contributed by atoms with Crippen LogP contribution in [0.3, 0.4) is 0 Å². The van der Waals surface area contributed by atoms with Crippen LogP contribution in [0.25, 0.3) is 10.6 Å². The van der Waals surface area contributed by atoms with Crippen molar-refractivity contribution in [2.45, 2.75) is 38.7 Å². The van der Waals surface area contributed by atoms with Gasteiger partial charge >= 0.3 is 5.97 Å². The summed E-state index contributed by atoms with van der Waals surface area (Å²) in [5.41, 5.74) is 3.14. The van der Waals surface area contributed by atoms with E-state index in [0.29, 0.717) is 4.88 Å². The molecule has 140 valence electrons. The summed E-state index contributed by atoms with van der Waals surface area (Å²) >= 11 is 3.14. The highest BCUT2D eigenvalue weighted by atomic mass is 32.1. The highest BCUT2D eigenvalue weighted by molar-refractivity contribution is 7.14. The molecule has 27 heavy (non-hydrogen) atoms. The summed E-state index contributed by atoms with van der Waals surface area (Å²) in [6, 6.07) is 9.81. The van der Waals surface area contributed by atoms with Gasteiger partial charge in [-0.1, -0.05) is 6.42 Å². The number of methoxy groups -OCH3 is 1. The zero-order valence-electron chi connectivity index (χ0n) is 15.2. The van der Waals surface area contributed by atoms with E-state index in [0.717, 1.165) is 34.9 Å². The van der Waals surface area contributed by atoms with E-state index in [2.05, 4.69) is 4.98 Å². The number of hydrogen-bond acceptors (Lipinski definition) is 6. The molecular weight excluding hydrogens is 378 g/mol. The van der Waals surface area contributed by atoms with Crippen molar-refractivity contribution < 1.29 is 14.3 Å². The first-order valence-corrected chi connectivity index (χ1v) is 10.8. The molecule has 1 aliphatic carbocycles. The Morgan fingerprint density at radius 3 is 2.78 bits per heavy atom. The lowest BCUT2D eigenvalue weighted by Crippen LogP contribution is -2.03. The summed E-state index contributed by atoms with van der Waals surface area (Å²) in [5.74, 6) is 0.575. The second-order valence-electron chi connectivity index (χ2n) is 6.57. The minimum Gasteiger partial charge on any atom is -0.497 e. The van der Waals surface area contributed by atoms with Gasteiger partial charge in [-0.2, -0.15) is 0 Å². The second kappa shape index (κ2) is 8.23. The van der Waals surface area contributed by atoms with Crippen molar-refractivity contribution >= 4 is 28.6 Å². The van der Waals surface area contributed by atoms with Gasteiger partial charge in [-0.05, 0) is 61.6 Å². The van der Waals surface area contributed by atoms with Crippen molar-refractivity contribution in [3.8, 4) is 16.3 Å². The minimum absolute atomic E-state index is 0.202. The van der Waals surface area contributed by atoms with E-state index >= 15 is 0 Å². The van der Waals surface area contributed by atoms with Gasteiger partial charge in [0.2, 0.25) is 0 Å². The first-order valence-electron chi connectivity index (χ1n) is 9.10. The van der Waals surface area contributed by atoms with E-state index in [-0.39, 0.29) is 12.6 Å². The van der Waals surface area contributed by atoms with E-state index in [1.54, 1.807) is 29.8 Å². The summed E-state index contributed by atoms with van der Waals surface area (Å²) < 4.78 is 10.7. The Hall–Kier alpha value is -2.18. The van der Waals surface area contributed by atoms with Crippen LogP contribution < -0.4 is 4.74 Å². The smallest absolute Gasteiger partial charge is 0.348 e. The Balaban J connectivity index is 1.38. The molecule has 0 fully saturated rings. The topological polar surface area (TPSA) is 48.4 Å². The molecule has 0 unspecified atom stereocenters. The van der Waals surface area contributed by atoms with E-state index in [1.165, 1.54) is 29.7 Å². The maximum atomic E-state index is 12.4. The summed E-state index contributed by atoms with van der Waals surface area (Å²) in [6.07, 6.45) is 5.88. The molecule has 4 nitrogen and oxygen atoms in total. The molecule has 4 rings (SSSR count). The van der Waals surface area contributed by atoms with E-state index < -0.39 is 0 Å². The van der Waals surface area contributed by atoms with Crippen LogP contribution in [-0.2, 0) is 24.2 Å². The number of rotatable bonds is 5. The van der Waals surface area contributed by atoms with Crippen molar-refractivity contribution in [1.82, 2.24) is 4.98 Å². The van der Waals surface area contributed by atoms with E-state index in [1.807, 2.05) is 35.7 Å². The average Bonchev–Trinajstić information content (AvgIpc) is 3.28. The van der Waals surface area contributed by atoms with Crippen LogP contribution in [0.15, 0.2) is 35.7 Å². The number of ether oxygens (including phenoxy) is 2. The van der Waals surface area contributed by atoms with Crippen LogP contribution in [0.1, 0.15) is 45.1 Å². The number of thiazole rings is 1. The number of carbonyl (C=O) groups is 1. The third-order valence-corrected chi connectivity index (χ3v) is 6.84. The molecule has 0 bridgehead atoms. The Morgan fingerprint density at radius 1 is 1.15 bits per heavy atom. The Bertz CT molecular complexity index is 904. The number of carbonyl (C=O) groups excluding carboxylic acids is 1. The molecule has 0 amide bonds. The van der Waals surface area contributed by atoms with Gasteiger partial charge in [-0.25, -0.2) is 9.78 Å². The fraction of sp³-hybridized carbons (Fsp3) is 0.333. The quantitative estimate of drug-likeness (QED) is 0.419. The lowest BCUT2D eigenvalue weighted by Gasteiger charge is -2.01. The largest absolute Gasteiger partial charge is 0.497 e. The number of benzene rings is 1. The molecule has 0 saturated heterocycles. The van der Waals surface area contributed by atoms with Gasteiger partial charge in [0, 0.05) is 15.8 Å². The number of aryl methyl sites for hydroxylation is 2. The highest BCUT2D eigenvalue weighted by Gasteiger charge is 2.18. The minimum atomic E-state index is -0.243. The van der Waals surface area contributed by atoms with Crippen LogP contribution in [0.2, 0.25) is 0 Å². The monoisotopic (exact) mass is 399 g/mol. The maximum Gasteiger partial charge on any atom is 0.348 e. The molecule has 1 aromatic carbocycles. The van der Waals surface area contributed by atoms with Gasteiger partial charge in [0.1, 0.15) is 22.2 Å². The zero-order valence-corrected chi connectivity index (χ0v) is 16.8. The molecule has 0 aliphatic heterocycles. The highest BCUT2D eigenvalue weighted by Crippen LogP contribution is 2.30. The van der Waals surface area contributed by atoms with Crippen LogP contribution in [0.5, 0.6) is 5.75 Å². The number of esters is 1. The second-order valence-corrected chi connectivity index (χ2v) is 8.56. The fourth-order valence-electron chi connectivity index (χ4n) is 3.22. The van der Waals surface area contributed by atoms with Gasteiger partial charge < -0.3 is 9.47 Å². The van der Waals surface area contributed by atoms with Crippen molar-refractivity contribution in [2.75, 3.05) is 7.11 Å². The normalized spacial score (nSPS) is 13.7. The molecule has 6 heteroatoms. The first-order chi connectivity index (χ1) is 13.2. The number of thiophene rings is 1. The van der Waals surface area contributed by atoms with Crippen LogP contribution in [0.4, 0.5) is 0 Å². The third kappa shape index (κ3) is 4.22. The van der Waals surface area contributed by atoms with Gasteiger partial charge in [0.15, 0.2) is 0 Å². The van der Waals surface area contributed by atoms with Crippen LogP contribution in [0, 0.1) is 0 Å². The standard InChI is InChI=1S/C21H21NO3S2/c1-24-17-9-7-14(8-10-17)20-22-16(13-26-20)12-25-21(23)19-11-15-5-3-2-4-6-18(15)27-19/h7-11,13H,2-6,12H2,1H3. The average molecular weight is 400 g/mol. The lowest BCUT2D eigenvalue weighted by molar-refractivity contribution is 0.0474. The van der Waals surface area contributed by atoms with E-state index in [9.17, 15) is 4.79 Å². The lowest BCUT2D eigenvalue weighted by atomic mass is 10.1. The Labute approximate surface area is 166 Å². The van der Waals surface area contributed by atoms with Crippen molar-refractivity contribution in [3.05, 3.63) is 56.7 Å². The predicted octanol–water partition coefficient (Wildman–Crippen LogP) is 5.51. The Kier molecular flexibility index (Phi) is 5.55. The van der Waals surface area contributed by atoms with Gasteiger partial charge in [-0.3, -0.25) is 0 Å². The fourth-order valence-corrected chi connectivity index (χ4v) is 5.18. The van der Waals surface area contributed by atoms with Gasteiger partial charge in [0.05, 0.1) is 12.8 Å². The molecular formula is C21H21NO3S2. The molecule has 1 aliphatic rings. The number of hydrogen-bond donors (Lipinski definition) is 0. The van der Waals surface area contributed by atoms with Gasteiger partial charge in [0.25, 0.3) is 0 Å². The number of fused-ring (bicyclic) bond motifs is 1. The SMILES string of the molecule is COc1ccc(-c2nc(COC(=O)c3cc4c(s3)CCCCC4)cs2)cc1.